The van der Waals surface area contributed by atoms with Gasteiger partial charge in [0.25, 0.3) is 5.56 Å². The van der Waals surface area contributed by atoms with E-state index in [4.69, 9.17) is 0 Å². The fraction of sp³-hybridized carbons (Fsp3) is 0.0870. The second-order valence-corrected chi connectivity index (χ2v) is 7.41. The van der Waals surface area contributed by atoms with Gasteiger partial charge in [0.1, 0.15) is 0 Å². The van der Waals surface area contributed by atoms with Gasteiger partial charge in [-0.2, -0.15) is 0 Å². The minimum atomic E-state index is -0.0840. The monoisotopic (exact) mass is 372 g/mol. The molecule has 134 valence electrons. The number of fused-ring (bicyclic) bond motifs is 2. The van der Waals surface area contributed by atoms with Crippen LogP contribution in [-0.2, 0) is 6.42 Å². The lowest BCUT2D eigenvalue weighted by atomic mass is 10.0. The minimum Gasteiger partial charge on any atom is -0.335 e. The Morgan fingerprint density at radius 1 is 0.963 bits per heavy atom. The van der Waals surface area contributed by atoms with Crippen LogP contribution in [0.25, 0.3) is 11.1 Å². The molecule has 4 rings (SSSR count). The molecule has 4 heteroatoms. The van der Waals surface area contributed by atoms with Crippen molar-refractivity contribution in [1.29, 1.82) is 0 Å². The van der Waals surface area contributed by atoms with E-state index < -0.39 is 0 Å². The van der Waals surface area contributed by atoms with Crippen LogP contribution in [0, 0.1) is 0 Å². The van der Waals surface area contributed by atoms with Crippen LogP contribution < -0.4 is 10.5 Å². The molecular formula is C23H20N2OS. The minimum absolute atomic E-state index is 0.0840. The van der Waals surface area contributed by atoms with Crippen LogP contribution in [-0.4, -0.2) is 11.5 Å². The fourth-order valence-corrected chi connectivity index (χ4v) is 4.69. The maximum Gasteiger partial charge on any atom is 0.258 e. The molecular weight excluding hydrogens is 352 g/mol. The van der Waals surface area contributed by atoms with Gasteiger partial charge in [-0.25, -0.2) is 0 Å². The summed E-state index contributed by atoms with van der Waals surface area (Å²) in [5.41, 5.74) is 4.80. The highest BCUT2D eigenvalue weighted by molar-refractivity contribution is 7.99. The summed E-state index contributed by atoms with van der Waals surface area (Å²) in [5, 5.41) is 0. The number of allylic oxidation sites excluding steroid dienone is 1. The number of anilines is 2. The molecule has 0 spiro atoms. The molecule has 1 aromatic heterocycles. The van der Waals surface area contributed by atoms with Gasteiger partial charge in [-0.1, -0.05) is 66.4 Å². The topological polar surface area (TPSA) is 36.1 Å². The summed E-state index contributed by atoms with van der Waals surface area (Å²) < 4.78 is 0. The number of aromatic amines is 1. The summed E-state index contributed by atoms with van der Waals surface area (Å²) in [6, 6.07) is 16.2. The van der Waals surface area contributed by atoms with E-state index in [1.807, 2.05) is 48.7 Å². The first-order chi connectivity index (χ1) is 13.2. The van der Waals surface area contributed by atoms with Crippen molar-refractivity contribution in [3.05, 3.63) is 96.0 Å². The Hall–Kier alpha value is -2.98. The van der Waals surface area contributed by atoms with E-state index in [-0.39, 0.29) is 5.56 Å². The first-order valence-electron chi connectivity index (χ1n) is 8.84. The highest BCUT2D eigenvalue weighted by Crippen LogP contribution is 2.51. The number of para-hydroxylation sites is 1. The highest BCUT2D eigenvalue weighted by Gasteiger charge is 2.29. The lowest BCUT2D eigenvalue weighted by molar-refractivity contribution is 0.995. The van der Waals surface area contributed by atoms with Gasteiger partial charge in [0.05, 0.1) is 21.8 Å². The Morgan fingerprint density at radius 3 is 2.52 bits per heavy atom. The Bertz CT molecular complexity index is 1070. The van der Waals surface area contributed by atoms with Gasteiger partial charge in [-0.05, 0) is 23.6 Å². The molecule has 0 atom stereocenters. The molecule has 0 saturated carbocycles. The van der Waals surface area contributed by atoms with Crippen molar-refractivity contribution in [3.8, 4) is 11.1 Å². The molecule has 1 aliphatic rings. The van der Waals surface area contributed by atoms with Gasteiger partial charge in [0, 0.05) is 17.6 Å². The molecule has 2 aromatic carbocycles. The second-order valence-electron chi connectivity index (χ2n) is 6.33. The number of nitrogens with zero attached hydrogens (tertiary/aromatic N) is 1. The zero-order valence-electron chi connectivity index (χ0n) is 14.9. The molecule has 0 unspecified atom stereocenters. The third-order valence-electron chi connectivity index (χ3n) is 4.61. The van der Waals surface area contributed by atoms with Crippen molar-refractivity contribution >= 4 is 23.1 Å². The zero-order chi connectivity index (χ0) is 18.8. The van der Waals surface area contributed by atoms with Crippen LogP contribution in [0.1, 0.15) is 5.56 Å². The van der Waals surface area contributed by atoms with E-state index >= 15 is 0 Å². The molecule has 1 aliphatic heterocycles. The predicted molar refractivity (Wildman–Crippen MR) is 114 cm³/mol. The molecule has 0 fully saturated rings. The van der Waals surface area contributed by atoms with Gasteiger partial charge >= 0.3 is 0 Å². The van der Waals surface area contributed by atoms with Gasteiger partial charge < -0.3 is 9.88 Å². The van der Waals surface area contributed by atoms with E-state index in [1.165, 1.54) is 10.5 Å². The summed E-state index contributed by atoms with van der Waals surface area (Å²) in [6.07, 6.45) is 6.38. The van der Waals surface area contributed by atoms with Gasteiger partial charge in [0.2, 0.25) is 0 Å². The molecule has 0 saturated heterocycles. The smallest absolute Gasteiger partial charge is 0.258 e. The Morgan fingerprint density at radius 2 is 1.78 bits per heavy atom. The largest absolute Gasteiger partial charge is 0.335 e. The van der Waals surface area contributed by atoms with Crippen LogP contribution in [0.15, 0.2) is 94.6 Å². The van der Waals surface area contributed by atoms with Crippen LogP contribution in [0.4, 0.5) is 11.4 Å². The maximum atomic E-state index is 12.8. The Balaban J connectivity index is 2.02. The Kier molecular flexibility index (Phi) is 4.73. The van der Waals surface area contributed by atoms with Crippen molar-refractivity contribution in [2.45, 2.75) is 16.2 Å². The summed E-state index contributed by atoms with van der Waals surface area (Å²) in [4.78, 5) is 20.2. The molecule has 0 aliphatic carbocycles. The number of pyridine rings is 1. The van der Waals surface area contributed by atoms with Crippen molar-refractivity contribution in [3.63, 3.8) is 0 Å². The van der Waals surface area contributed by atoms with Crippen molar-refractivity contribution < 1.29 is 0 Å². The number of benzene rings is 2. The summed E-state index contributed by atoms with van der Waals surface area (Å²) in [7, 11) is 0. The second kappa shape index (κ2) is 7.33. The average Bonchev–Trinajstić information content (AvgIpc) is 2.69. The van der Waals surface area contributed by atoms with E-state index in [0.29, 0.717) is 12.1 Å². The maximum absolute atomic E-state index is 12.8. The predicted octanol–water partition coefficient (Wildman–Crippen LogP) is 5.56. The number of hydrogen-bond acceptors (Lipinski definition) is 3. The third kappa shape index (κ3) is 3.02. The number of nitrogens with one attached hydrogen (secondary N) is 1. The van der Waals surface area contributed by atoms with Crippen molar-refractivity contribution in [2.24, 2.45) is 0 Å². The molecule has 1 N–H and O–H groups in total. The number of aromatic nitrogens is 1. The Labute approximate surface area is 163 Å². The van der Waals surface area contributed by atoms with Crippen LogP contribution in [0.3, 0.4) is 0 Å². The zero-order valence-corrected chi connectivity index (χ0v) is 15.8. The fourth-order valence-electron chi connectivity index (χ4n) is 3.54. The molecule has 2 heterocycles. The van der Waals surface area contributed by atoms with Gasteiger partial charge in [0.15, 0.2) is 0 Å². The first-order valence-corrected chi connectivity index (χ1v) is 9.66. The standard InChI is InChI=1S/C23H20N2OS/c1-3-9-17-12-8-13-18-21(17)25(14-4-2)22-19(27-18)15-24-23(26)20(22)16-10-6-5-7-11-16/h3-8,10-13,15H,1-2,9,14H2,(H,24,26). The summed E-state index contributed by atoms with van der Waals surface area (Å²) in [5.74, 6) is 0. The van der Waals surface area contributed by atoms with Crippen LogP contribution >= 0.6 is 11.8 Å². The third-order valence-corrected chi connectivity index (χ3v) is 5.69. The molecule has 27 heavy (non-hydrogen) atoms. The molecule has 0 bridgehead atoms. The molecule has 3 aromatic rings. The summed E-state index contributed by atoms with van der Waals surface area (Å²) in [6.45, 7) is 8.47. The lowest BCUT2D eigenvalue weighted by Gasteiger charge is -2.35. The normalized spacial score (nSPS) is 12.2. The van der Waals surface area contributed by atoms with Crippen molar-refractivity contribution in [2.75, 3.05) is 11.4 Å². The highest BCUT2D eigenvalue weighted by atomic mass is 32.2. The number of rotatable bonds is 5. The molecule has 0 radical (unpaired) electrons. The van der Waals surface area contributed by atoms with Gasteiger partial charge in [-0.3, -0.25) is 4.79 Å². The summed E-state index contributed by atoms with van der Waals surface area (Å²) >= 11 is 1.69. The van der Waals surface area contributed by atoms with Crippen LogP contribution in [0.2, 0.25) is 0 Å². The number of hydrogen-bond donors (Lipinski definition) is 1. The number of H-pyrrole nitrogens is 1. The van der Waals surface area contributed by atoms with E-state index in [2.05, 4.69) is 41.2 Å². The quantitative estimate of drug-likeness (QED) is 0.596. The average molecular weight is 372 g/mol. The lowest BCUT2D eigenvalue weighted by Crippen LogP contribution is -2.26. The van der Waals surface area contributed by atoms with E-state index in [9.17, 15) is 4.79 Å². The molecule has 3 nitrogen and oxygen atoms in total. The van der Waals surface area contributed by atoms with Crippen molar-refractivity contribution in [1.82, 2.24) is 4.98 Å². The molecule has 0 amide bonds. The van der Waals surface area contributed by atoms with Gasteiger partial charge in [-0.15, -0.1) is 13.2 Å². The first kappa shape index (κ1) is 17.4. The van der Waals surface area contributed by atoms with E-state index in [1.54, 1.807) is 11.8 Å². The van der Waals surface area contributed by atoms with Crippen LogP contribution in [0.5, 0.6) is 0 Å². The SMILES string of the molecule is C=CCc1cccc2c1N(CC=C)c1c(c[nH]c(=O)c1-c1ccccc1)S2. The van der Waals surface area contributed by atoms with E-state index in [0.717, 1.165) is 28.3 Å².